The molecule has 26 heavy (non-hydrogen) atoms. The van der Waals surface area contributed by atoms with E-state index in [1.165, 1.54) is 0 Å². The predicted octanol–water partition coefficient (Wildman–Crippen LogP) is 3.73. The molecule has 3 unspecified atom stereocenters. The Kier molecular flexibility index (Phi) is 3.45. The third-order valence-corrected chi connectivity index (χ3v) is 6.59. The van der Waals surface area contributed by atoms with Crippen molar-refractivity contribution in [3.63, 3.8) is 0 Å². The highest BCUT2D eigenvalue weighted by Crippen LogP contribution is 2.51. The topological polar surface area (TPSA) is 93.6 Å². The van der Waals surface area contributed by atoms with Crippen molar-refractivity contribution in [1.29, 1.82) is 0 Å². The summed E-state index contributed by atoms with van der Waals surface area (Å²) in [7, 11) is 0. The molecule has 1 aromatic carbocycles. The first kappa shape index (κ1) is 16.2. The van der Waals surface area contributed by atoms with Crippen LogP contribution in [0.4, 0.5) is 0 Å². The van der Waals surface area contributed by atoms with Crippen LogP contribution in [0.15, 0.2) is 36.7 Å². The molecule has 6 heteroatoms. The third-order valence-electron chi connectivity index (χ3n) is 6.31. The van der Waals surface area contributed by atoms with E-state index in [9.17, 15) is 0 Å². The van der Waals surface area contributed by atoms with E-state index in [1.54, 1.807) is 6.20 Å². The van der Waals surface area contributed by atoms with Gasteiger partial charge in [-0.3, -0.25) is 0 Å². The molecule has 3 atom stereocenters. The van der Waals surface area contributed by atoms with Gasteiger partial charge in [-0.05, 0) is 38.2 Å². The van der Waals surface area contributed by atoms with Crippen molar-refractivity contribution in [2.24, 2.45) is 11.5 Å². The summed E-state index contributed by atoms with van der Waals surface area (Å²) in [5.41, 5.74) is 15.7. The monoisotopic (exact) mass is 367 g/mol. The Morgan fingerprint density at radius 3 is 2.88 bits per heavy atom. The van der Waals surface area contributed by atoms with Crippen molar-refractivity contribution in [1.82, 2.24) is 15.0 Å². The van der Waals surface area contributed by atoms with Gasteiger partial charge >= 0.3 is 0 Å². The van der Waals surface area contributed by atoms with Crippen molar-refractivity contribution in [2.45, 2.75) is 49.1 Å². The number of H-pyrrole nitrogens is 1. The summed E-state index contributed by atoms with van der Waals surface area (Å²) in [5, 5.41) is 1.66. The number of halogens is 1. The molecule has 0 saturated heterocycles. The number of aromatic amines is 1. The molecule has 5 nitrogen and oxygen atoms in total. The fraction of sp³-hybridized carbons (Fsp3) is 0.400. The number of nitrogens with two attached hydrogens (primary N) is 2. The van der Waals surface area contributed by atoms with Crippen LogP contribution in [0, 0.1) is 0 Å². The number of aromatic nitrogens is 3. The SMILES string of the molecule is NC12CCC(c3ncc(Cl)c(-c4c[nH]c5ccccc45)n3)C(N)(CC1)C2. The van der Waals surface area contributed by atoms with Gasteiger partial charge in [0.1, 0.15) is 5.82 Å². The minimum atomic E-state index is -0.307. The minimum absolute atomic E-state index is 0.0999. The number of nitrogens with one attached hydrogen (secondary N) is 1. The van der Waals surface area contributed by atoms with Crippen LogP contribution in [0.5, 0.6) is 0 Å². The molecule has 5 rings (SSSR count). The van der Waals surface area contributed by atoms with Gasteiger partial charge in [0.05, 0.1) is 10.7 Å². The van der Waals surface area contributed by atoms with E-state index < -0.39 is 0 Å². The maximum Gasteiger partial charge on any atom is 0.133 e. The van der Waals surface area contributed by atoms with Gasteiger partial charge in [0.2, 0.25) is 0 Å². The molecule has 2 heterocycles. The van der Waals surface area contributed by atoms with E-state index in [2.05, 4.69) is 16.0 Å². The lowest BCUT2D eigenvalue weighted by atomic mass is 9.71. The van der Waals surface area contributed by atoms with Gasteiger partial charge in [-0.1, -0.05) is 29.8 Å². The number of nitrogens with zero attached hydrogens (tertiary/aromatic N) is 2. The molecule has 2 aromatic heterocycles. The van der Waals surface area contributed by atoms with Gasteiger partial charge in [-0.25, -0.2) is 9.97 Å². The van der Waals surface area contributed by atoms with E-state index in [0.717, 1.165) is 60.1 Å². The molecule has 0 aliphatic heterocycles. The van der Waals surface area contributed by atoms with Crippen molar-refractivity contribution in [3.8, 4) is 11.3 Å². The van der Waals surface area contributed by atoms with Crippen LogP contribution in [-0.4, -0.2) is 26.0 Å². The summed E-state index contributed by atoms with van der Waals surface area (Å²) >= 11 is 6.47. The van der Waals surface area contributed by atoms with E-state index in [0.29, 0.717) is 5.02 Å². The zero-order chi connectivity index (χ0) is 17.9. The van der Waals surface area contributed by atoms with Gasteiger partial charge in [-0.15, -0.1) is 0 Å². The van der Waals surface area contributed by atoms with Crippen molar-refractivity contribution in [2.75, 3.05) is 0 Å². The summed E-state index contributed by atoms with van der Waals surface area (Å²) < 4.78 is 0. The first-order valence-corrected chi connectivity index (χ1v) is 9.52. The first-order chi connectivity index (χ1) is 12.5. The molecule has 3 aromatic rings. The molecule has 134 valence electrons. The number of hydrogen-bond donors (Lipinski definition) is 3. The Morgan fingerprint density at radius 1 is 1.15 bits per heavy atom. The van der Waals surface area contributed by atoms with Crippen molar-refractivity contribution >= 4 is 22.5 Å². The Balaban J connectivity index is 1.60. The Hall–Kier alpha value is -1.95. The molecular weight excluding hydrogens is 346 g/mol. The van der Waals surface area contributed by atoms with Crippen molar-refractivity contribution < 1.29 is 0 Å². The minimum Gasteiger partial charge on any atom is -0.360 e. The van der Waals surface area contributed by atoms with Crippen LogP contribution in [0.2, 0.25) is 5.02 Å². The first-order valence-electron chi connectivity index (χ1n) is 9.14. The smallest absolute Gasteiger partial charge is 0.133 e. The van der Waals surface area contributed by atoms with Crippen LogP contribution in [0.3, 0.4) is 0 Å². The maximum atomic E-state index is 6.76. The average molecular weight is 368 g/mol. The molecule has 5 N–H and O–H groups in total. The van der Waals surface area contributed by atoms with Gasteiger partial charge in [0, 0.05) is 45.9 Å². The lowest BCUT2D eigenvalue weighted by Gasteiger charge is -2.40. The molecule has 0 radical (unpaired) electrons. The number of para-hydroxylation sites is 1. The predicted molar refractivity (Wildman–Crippen MR) is 104 cm³/mol. The Labute approximate surface area is 157 Å². The number of rotatable bonds is 2. The average Bonchev–Trinajstić information content (AvgIpc) is 3.15. The van der Waals surface area contributed by atoms with Gasteiger partial charge in [0.15, 0.2) is 0 Å². The summed E-state index contributed by atoms with van der Waals surface area (Å²) in [6, 6.07) is 8.15. The third kappa shape index (κ3) is 2.38. The van der Waals surface area contributed by atoms with Crippen LogP contribution in [-0.2, 0) is 0 Å². The molecule has 0 amide bonds. The second-order valence-electron chi connectivity index (χ2n) is 8.04. The standard InChI is InChI=1S/C20H22ClN5/c21-15-10-25-18(14-5-6-19(22)7-8-20(14,23)11-19)26-17(15)13-9-24-16-4-2-1-3-12(13)16/h1-4,9-10,14,24H,5-8,11,22-23H2. The van der Waals surface area contributed by atoms with E-state index in [4.69, 9.17) is 28.1 Å². The highest BCUT2D eigenvalue weighted by atomic mass is 35.5. The summed E-state index contributed by atoms with van der Waals surface area (Å²) in [5.74, 6) is 0.920. The van der Waals surface area contributed by atoms with Crippen LogP contribution < -0.4 is 11.5 Å². The maximum absolute atomic E-state index is 6.76. The number of fused-ring (bicyclic) bond motifs is 3. The fourth-order valence-electron chi connectivity index (χ4n) is 4.94. The summed E-state index contributed by atoms with van der Waals surface area (Å²) in [6.07, 6.45) is 8.35. The second-order valence-corrected chi connectivity index (χ2v) is 8.44. The molecule has 2 aliphatic rings. The molecule has 0 spiro atoms. The molecule has 2 saturated carbocycles. The van der Waals surface area contributed by atoms with Crippen LogP contribution in [0.25, 0.3) is 22.2 Å². The molecule has 2 bridgehead atoms. The molecule has 2 fully saturated rings. The highest BCUT2D eigenvalue weighted by molar-refractivity contribution is 6.33. The van der Waals surface area contributed by atoms with Crippen LogP contribution in [0.1, 0.15) is 43.8 Å². The fourth-order valence-corrected chi connectivity index (χ4v) is 5.13. The largest absolute Gasteiger partial charge is 0.360 e. The van der Waals surface area contributed by atoms with Gasteiger partial charge < -0.3 is 16.5 Å². The van der Waals surface area contributed by atoms with Crippen molar-refractivity contribution in [3.05, 3.63) is 47.5 Å². The number of benzene rings is 1. The summed E-state index contributed by atoms with van der Waals surface area (Å²) in [4.78, 5) is 12.7. The quantitative estimate of drug-likeness (QED) is 0.643. The van der Waals surface area contributed by atoms with E-state index in [1.807, 2.05) is 24.4 Å². The zero-order valence-electron chi connectivity index (χ0n) is 14.5. The number of hydrogen-bond acceptors (Lipinski definition) is 4. The second kappa shape index (κ2) is 5.52. The van der Waals surface area contributed by atoms with Crippen LogP contribution >= 0.6 is 11.6 Å². The highest BCUT2D eigenvalue weighted by Gasteiger charge is 2.53. The van der Waals surface area contributed by atoms with E-state index >= 15 is 0 Å². The lowest BCUT2D eigenvalue weighted by molar-refractivity contribution is 0.232. The normalized spacial score (nSPS) is 30.8. The molecular formula is C20H22ClN5. The zero-order valence-corrected chi connectivity index (χ0v) is 15.3. The van der Waals surface area contributed by atoms with E-state index in [-0.39, 0.29) is 17.0 Å². The van der Waals surface area contributed by atoms with Gasteiger partial charge in [-0.2, -0.15) is 0 Å². The Bertz CT molecular complexity index is 999. The lowest BCUT2D eigenvalue weighted by Crippen LogP contribution is -2.52. The molecule has 2 aliphatic carbocycles. The summed E-state index contributed by atoms with van der Waals surface area (Å²) in [6.45, 7) is 0. The Morgan fingerprint density at radius 2 is 2.00 bits per heavy atom. The van der Waals surface area contributed by atoms with Gasteiger partial charge in [0.25, 0.3) is 0 Å².